The molecule has 178 valence electrons. The van der Waals surface area contributed by atoms with E-state index in [-0.39, 0.29) is 30.9 Å². The largest absolute Gasteiger partial charge is 0.497 e. The summed E-state index contributed by atoms with van der Waals surface area (Å²) in [6.45, 7) is 0.806. The molecule has 1 aliphatic heterocycles. The minimum absolute atomic E-state index is 0.153. The van der Waals surface area contributed by atoms with Gasteiger partial charge in [-0.2, -0.15) is 0 Å². The van der Waals surface area contributed by atoms with Crippen LogP contribution >= 0.6 is 11.3 Å². The van der Waals surface area contributed by atoms with Gasteiger partial charge in [0.2, 0.25) is 5.91 Å². The number of aromatic nitrogens is 1. The highest BCUT2D eigenvalue weighted by Gasteiger charge is 2.23. The Kier molecular flexibility index (Phi) is 7.58. The zero-order valence-corrected chi connectivity index (χ0v) is 19.6. The summed E-state index contributed by atoms with van der Waals surface area (Å²) in [6.07, 6.45) is 1.75. The van der Waals surface area contributed by atoms with Gasteiger partial charge in [0.05, 0.1) is 40.5 Å². The Labute approximate surface area is 200 Å². The Morgan fingerprint density at radius 2 is 2.06 bits per heavy atom. The Bertz CT molecular complexity index is 1200. The second-order valence-electron chi connectivity index (χ2n) is 7.79. The van der Waals surface area contributed by atoms with Crippen molar-refractivity contribution in [2.75, 3.05) is 26.8 Å². The standard InChI is InChI=1S/C24H26N4O5S/c1-32-15-8-9-16-20(13-15)33-12-11-26-24(31)19(6-2-3-10-25-22(16)29)28-23(30)17-5-4-7-18-21(17)34-14-27-18/h4-5,7-9,13-14,19H,2-3,6,10-12H2,1H3,(H,25,29)(H,26,31)(H,28,30)/t19-/m0/s1. The van der Waals surface area contributed by atoms with Crippen LogP contribution < -0.4 is 25.4 Å². The summed E-state index contributed by atoms with van der Waals surface area (Å²) in [5.74, 6) is 0.115. The number of carbonyl (C=O) groups is 3. The zero-order chi connectivity index (χ0) is 23.9. The van der Waals surface area contributed by atoms with Crippen molar-refractivity contribution in [2.45, 2.75) is 25.3 Å². The van der Waals surface area contributed by atoms with E-state index in [0.29, 0.717) is 48.4 Å². The third-order valence-electron chi connectivity index (χ3n) is 5.52. The molecule has 0 spiro atoms. The van der Waals surface area contributed by atoms with Gasteiger partial charge in [-0.3, -0.25) is 14.4 Å². The van der Waals surface area contributed by atoms with Gasteiger partial charge >= 0.3 is 0 Å². The monoisotopic (exact) mass is 482 g/mol. The topological polar surface area (TPSA) is 119 Å². The fraction of sp³-hybridized carbons (Fsp3) is 0.333. The first-order valence-corrected chi connectivity index (χ1v) is 11.9. The summed E-state index contributed by atoms with van der Waals surface area (Å²) in [5, 5.41) is 8.58. The van der Waals surface area contributed by atoms with E-state index in [0.717, 1.165) is 10.2 Å². The van der Waals surface area contributed by atoms with Crippen LogP contribution in [0.4, 0.5) is 0 Å². The van der Waals surface area contributed by atoms with Gasteiger partial charge in [-0.05, 0) is 43.5 Å². The first kappa shape index (κ1) is 23.5. The summed E-state index contributed by atoms with van der Waals surface area (Å²) in [7, 11) is 1.54. The number of methoxy groups -OCH3 is 1. The molecule has 0 saturated heterocycles. The quantitative estimate of drug-likeness (QED) is 0.528. The molecule has 0 radical (unpaired) electrons. The van der Waals surface area contributed by atoms with Crippen molar-refractivity contribution in [1.82, 2.24) is 20.9 Å². The van der Waals surface area contributed by atoms with Crippen molar-refractivity contribution in [3.05, 3.63) is 53.0 Å². The van der Waals surface area contributed by atoms with Gasteiger partial charge in [0.25, 0.3) is 11.8 Å². The number of amides is 3. The molecule has 2 aromatic carbocycles. The van der Waals surface area contributed by atoms with E-state index in [1.165, 1.54) is 18.4 Å². The predicted molar refractivity (Wildman–Crippen MR) is 129 cm³/mol. The number of hydrogen-bond donors (Lipinski definition) is 3. The number of thiazole rings is 1. The van der Waals surface area contributed by atoms with Gasteiger partial charge < -0.3 is 25.4 Å². The van der Waals surface area contributed by atoms with Crippen molar-refractivity contribution in [3.8, 4) is 11.5 Å². The van der Waals surface area contributed by atoms with Crippen LogP contribution in [-0.4, -0.2) is 55.6 Å². The van der Waals surface area contributed by atoms with Crippen LogP contribution in [0.25, 0.3) is 10.2 Å². The number of hydrogen-bond acceptors (Lipinski definition) is 7. The van der Waals surface area contributed by atoms with Crippen molar-refractivity contribution >= 4 is 39.3 Å². The van der Waals surface area contributed by atoms with Gasteiger partial charge in [-0.1, -0.05) is 6.07 Å². The molecular weight excluding hydrogens is 456 g/mol. The maximum atomic E-state index is 13.0. The lowest BCUT2D eigenvalue weighted by Gasteiger charge is -2.20. The van der Waals surface area contributed by atoms with Gasteiger partial charge in [0.1, 0.15) is 24.1 Å². The van der Waals surface area contributed by atoms with Crippen LogP contribution in [-0.2, 0) is 4.79 Å². The number of ether oxygens (including phenoxy) is 2. The van der Waals surface area contributed by atoms with Gasteiger partial charge in [0, 0.05) is 12.6 Å². The van der Waals surface area contributed by atoms with Crippen molar-refractivity contribution in [3.63, 3.8) is 0 Å². The van der Waals surface area contributed by atoms with E-state index in [1.54, 1.807) is 35.8 Å². The molecule has 0 aliphatic carbocycles. The van der Waals surface area contributed by atoms with Crippen molar-refractivity contribution in [2.24, 2.45) is 0 Å². The van der Waals surface area contributed by atoms with E-state index >= 15 is 0 Å². The maximum absolute atomic E-state index is 13.0. The molecule has 3 aromatic rings. The molecule has 3 amide bonds. The van der Waals surface area contributed by atoms with E-state index in [2.05, 4.69) is 20.9 Å². The Hall–Kier alpha value is -3.66. The molecule has 1 atom stereocenters. The molecule has 1 aliphatic rings. The Morgan fingerprint density at radius 3 is 2.91 bits per heavy atom. The number of benzene rings is 2. The van der Waals surface area contributed by atoms with Gasteiger partial charge in [-0.15, -0.1) is 11.3 Å². The molecule has 2 heterocycles. The molecule has 4 rings (SSSR count). The van der Waals surface area contributed by atoms with E-state index in [9.17, 15) is 14.4 Å². The molecular formula is C24H26N4O5S. The van der Waals surface area contributed by atoms with Crippen LogP contribution in [0.1, 0.15) is 40.0 Å². The minimum Gasteiger partial charge on any atom is -0.497 e. The third kappa shape index (κ3) is 5.45. The van der Waals surface area contributed by atoms with E-state index in [1.807, 2.05) is 6.07 Å². The van der Waals surface area contributed by atoms with Crippen LogP contribution in [0.15, 0.2) is 41.9 Å². The Balaban J connectivity index is 1.46. The lowest BCUT2D eigenvalue weighted by atomic mass is 10.1. The van der Waals surface area contributed by atoms with Crippen LogP contribution in [0, 0.1) is 0 Å². The number of rotatable bonds is 3. The molecule has 1 aromatic heterocycles. The average Bonchev–Trinajstić information content (AvgIpc) is 3.33. The Morgan fingerprint density at radius 1 is 1.18 bits per heavy atom. The lowest BCUT2D eigenvalue weighted by Crippen LogP contribution is -2.47. The molecule has 9 nitrogen and oxygen atoms in total. The second kappa shape index (κ2) is 11.0. The summed E-state index contributed by atoms with van der Waals surface area (Å²) in [5.41, 5.74) is 3.34. The number of fused-ring (bicyclic) bond motifs is 2. The SMILES string of the molecule is COc1ccc2c(c1)OCCNC(=O)[C@@H](NC(=O)c1cccc3ncsc13)CCCCNC2=O. The van der Waals surface area contributed by atoms with Crippen molar-refractivity contribution < 1.29 is 23.9 Å². The third-order valence-corrected chi connectivity index (χ3v) is 6.40. The number of nitrogens with one attached hydrogen (secondary N) is 3. The summed E-state index contributed by atoms with van der Waals surface area (Å²) >= 11 is 1.39. The highest BCUT2D eigenvalue weighted by Crippen LogP contribution is 2.25. The highest BCUT2D eigenvalue weighted by atomic mass is 32.1. The van der Waals surface area contributed by atoms with Crippen LogP contribution in [0.2, 0.25) is 0 Å². The molecule has 0 bridgehead atoms. The maximum Gasteiger partial charge on any atom is 0.255 e. The summed E-state index contributed by atoms with van der Waals surface area (Å²) < 4.78 is 11.8. The fourth-order valence-corrected chi connectivity index (χ4v) is 4.54. The number of carbonyl (C=O) groups excluding carboxylic acids is 3. The first-order valence-electron chi connectivity index (χ1n) is 11.1. The van der Waals surface area contributed by atoms with Crippen molar-refractivity contribution in [1.29, 1.82) is 0 Å². The first-order chi connectivity index (χ1) is 16.6. The predicted octanol–water partition coefficient (Wildman–Crippen LogP) is 2.51. The fourth-order valence-electron chi connectivity index (χ4n) is 3.74. The highest BCUT2D eigenvalue weighted by molar-refractivity contribution is 7.17. The molecule has 0 unspecified atom stereocenters. The second-order valence-corrected chi connectivity index (χ2v) is 8.64. The van der Waals surface area contributed by atoms with E-state index < -0.39 is 6.04 Å². The molecule has 3 N–H and O–H groups in total. The average molecular weight is 483 g/mol. The lowest BCUT2D eigenvalue weighted by molar-refractivity contribution is -0.123. The smallest absolute Gasteiger partial charge is 0.255 e. The van der Waals surface area contributed by atoms with Gasteiger partial charge in [-0.25, -0.2) is 4.98 Å². The summed E-state index contributed by atoms with van der Waals surface area (Å²) in [6, 6.07) is 9.64. The molecule has 0 saturated carbocycles. The minimum atomic E-state index is -0.707. The summed E-state index contributed by atoms with van der Waals surface area (Å²) in [4.78, 5) is 42.7. The zero-order valence-electron chi connectivity index (χ0n) is 18.8. The van der Waals surface area contributed by atoms with E-state index in [4.69, 9.17) is 9.47 Å². The number of nitrogens with zero attached hydrogens (tertiary/aromatic N) is 1. The van der Waals surface area contributed by atoms with Crippen LogP contribution in [0.3, 0.4) is 0 Å². The normalized spacial score (nSPS) is 17.5. The molecule has 10 heteroatoms. The molecule has 0 fully saturated rings. The van der Waals surface area contributed by atoms with Gasteiger partial charge in [0.15, 0.2) is 0 Å². The van der Waals surface area contributed by atoms with Crippen LogP contribution in [0.5, 0.6) is 11.5 Å². The molecule has 34 heavy (non-hydrogen) atoms.